The predicted molar refractivity (Wildman–Crippen MR) is 341 cm³/mol. The van der Waals surface area contributed by atoms with Crippen molar-refractivity contribution in [3.05, 3.63) is 301 Å². The Balaban J connectivity index is 1.38. The van der Waals surface area contributed by atoms with Crippen LogP contribution in [-0.2, 0) is 0 Å². The molecule has 366 valence electrons. The van der Waals surface area contributed by atoms with E-state index in [9.17, 15) is 0 Å². The van der Waals surface area contributed by atoms with Gasteiger partial charge < -0.3 is 0 Å². The summed E-state index contributed by atoms with van der Waals surface area (Å²) < 4.78 is 0. The van der Waals surface area contributed by atoms with Gasteiger partial charge in [-0.15, -0.1) is 0 Å². The zero-order valence-corrected chi connectivity index (χ0v) is 46.9. The number of aryl methyl sites for hydroxylation is 4. The Morgan fingerprint density at radius 3 is 0.908 bits per heavy atom. The number of hydrogen-bond acceptors (Lipinski definition) is 0. The predicted octanol–water partition coefficient (Wildman–Crippen LogP) is 13.9. The van der Waals surface area contributed by atoms with E-state index in [2.05, 4.69) is 307 Å². The molecular weight excluding hydrogens is 989 g/mol. The van der Waals surface area contributed by atoms with Crippen molar-refractivity contribution in [1.82, 2.24) is 0 Å². The standard InChI is InChI=1S/C72H58P4/c1-51-33-42-60(43-34-51)73(61-44-35-52(2)36-45-61)67-50-41-55-21-17-18-30-64(55)68(67)69-65-31-19-20-32-66(65)70(74(56-22-9-5-10-23-56)57-24-11-6-12-25-57)72(76(58-26-13-7-14-27-58)59-28-15-8-16-29-59)71(69)75(62-46-37-53(3)38-47-62)63-48-39-54(4)40-49-63/h5-50H,1-4H3. The van der Waals surface area contributed by atoms with Crippen LogP contribution in [0.3, 0.4) is 0 Å². The summed E-state index contributed by atoms with van der Waals surface area (Å²) in [6.45, 7) is 8.86. The van der Waals surface area contributed by atoms with E-state index in [-0.39, 0.29) is 0 Å². The molecule has 0 fully saturated rings. The monoisotopic (exact) mass is 1050 g/mol. The first-order chi connectivity index (χ1) is 37.4. The zero-order chi connectivity index (χ0) is 51.5. The molecule has 0 aliphatic carbocycles. The molecule has 0 radical (unpaired) electrons. The fourth-order valence-electron chi connectivity index (χ4n) is 10.7. The van der Waals surface area contributed by atoms with Crippen molar-refractivity contribution in [3.63, 3.8) is 0 Å². The van der Waals surface area contributed by atoms with Gasteiger partial charge in [-0.3, -0.25) is 0 Å². The van der Waals surface area contributed by atoms with Gasteiger partial charge in [-0.1, -0.05) is 301 Å². The van der Waals surface area contributed by atoms with Crippen LogP contribution in [0.1, 0.15) is 22.3 Å². The van der Waals surface area contributed by atoms with Gasteiger partial charge in [0, 0.05) is 15.9 Å². The van der Waals surface area contributed by atoms with Gasteiger partial charge in [0.1, 0.15) is 0 Å². The fraction of sp³-hybridized carbons (Fsp3) is 0.0556. The summed E-state index contributed by atoms with van der Waals surface area (Å²) in [7, 11) is -4.74. The summed E-state index contributed by atoms with van der Waals surface area (Å²) >= 11 is 0. The smallest absolute Gasteiger partial charge is 0.00288 e. The molecule has 12 aromatic carbocycles. The highest BCUT2D eigenvalue weighted by molar-refractivity contribution is 7.89. The van der Waals surface area contributed by atoms with Crippen molar-refractivity contribution in [2.24, 2.45) is 0 Å². The average molecular weight is 1050 g/mol. The van der Waals surface area contributed by atoms with Crippen LogP contribution in [0.25, 0.3) is 32.7 Å². The molecule has 0 heterocycles. The van der Waals surface area contributed by atoms with E-state index in [4.69, 9.17) is 0 Å². The molecule has 76 heavy (non-hydrogen) atoms. The van der Waals surface area contributed by atoms with E-state index in [0.29, 0.717) is 0 Å². The molecule has 0 bridgehead atoms. The van der Waals surface area contributed by atoms with Gasteiger partial charge in [-0.2, -0.15) is 0 Å². The first kappa shape index (κ1) is 49.7. The normalized spacial score (nSPS) is 11.6. The van der Waals surface area contributed by atoms with Gasteiger partial charge in [0.15, 0.2) is 0 Å². The first-order valence-corrected chi connectivity index (χ1v) is 31.5. The third-order valence-electron chi connectivity index (χ3n) is 14.4. The van der Waals surface area contributed by atoms with Crippen molar-refractivity contribution in [2.75, 3.05) is 0 Å². The van der Waals surface area contributed by atoms with Crippen molar-refractivity contribution >= 4 is 117 Å². The van der Waals surface area contributed by atoms with E-state index in [1.54, 1.807) is 0 Å². The lowest BCUT2D eigenvalue weighted by molar-refractivity contribution is 1.49. The van der Waals surface area contributed by atoms with Gasteiger partial charge in [0.05, 0.1) is 0 Å². The van der Waals surface area contributed by atoms with Gasteiger partial charge in [0.2, 0.25) is 0 Å². The summed E-state index contributed by atoms with van der Waals surface area (Å²) in [4.78, 5) is 0. The van der Waals surface area contributed by atoms with Crippen LogP contribution in [0.4, 0.5) is 0 Å². The number of benzene rings is 12. The minimum absolute atomic E-state index is 1.08. The third kappa shape index (κ3) is 9.83. The second-order valence-electron chi connectivity index (χ2n) is 19.7. The molecule has 0 nitrogen and oxygen atoms in total. The molecule has 12 aromatic rings. The first-order valence-electron chi connectivity index (χ1n) is 26.2. The molecule has 0 aromatic heterocycles. The van der Waals surface area contributed by atoms with Crippen LogP contribution < -0.4 is 63.7 Å². The lowest BCUT2D eigenvalue weighted by Gasteiger charge is -2.36. The molecule has 0 N–H and O–H groups in total. The van der Waals surface area contributed by atoms with E-state index in [1.165, 1.54) is 119 Å². The van der Waals surface area contributed by atoms with Crippen LogP contribution in [0.2, 0.25) is 0 Å². The highest BCUT2D eigenvalue weighted by Gasteiger charge is 2.38. The summed E-state index contributed by atoms with van der Waals surface area (Å²) in [5, 5.41) is 21.5. The Morgan fingerprint density at radius 1 is 0.197 bits per heavy atom. The Labute approximate surface area is 454 Å². The molecule has 0 amide bonds. The van der Waals surface area contributed by atoms with Crippen molar-refractivity contribution in [2.45, 2.75) is 27.7 Å². The number of rotatable bonds is 13. The topological polar surface area (TPSA) is 0 Å². The van der Waals surface area contributed by atoms with Gasteiger partial charge in [-0.05, 0) is 140 Å². The second-order valence-corrected chi connectivity index (χ2v) is 28.3. The average Bonchev–Trinajstić information content (AvgIpc) is 3.58. The third-order valence-corrected chi connectivity index (χ3v) is 24.9. The summed E-state index contributed by atoms with van der Waals surface area (Å²) in [5.74, 6) is 0. The zero-order valence-electron chi connectivity index (χ0n) is 43.3. The SMILES string of the molecule is Cc1ccc(P(c2ccc(C)cc2)c2ccc3ccccc3c2-c2c(P(c3ccc(C)cc3)c3ccc(C)cc3)c(P(c3ccccc3)c3ccccc3)c(P(c3ccccc3)c3ccccc3)c3ccccc23)cc1. The van der Waals surface area contributed by atoms with E-state index < -0.39 is 31.7 Å². The molecule has 12 rings (SSSR count). The summed E-state index contributed by atoms with van der Waals surface area (Å²) in [6.07, 6.45) is 0. The Kier molecular flexibility index (Phi) is 14.5. The summed E-state index contributed by atoms with van der Waals surface area (Å²) in [5.41, 5.74) is 7.72. The quantitative estimate of drug-likeness (QED) is 0.101. The highest BCUT2D eigenvalue weighted by atomic mass is 31.1. The number of fused-ring (bicyclic) bond motifs is 2. The molecule has 0 spiro atoms. The molecular formula is C72H58P4. The maximum atomic E-state index is 2.51. The second kappa shape index (κ2) is 22.2. The largest absolute Gasteiger partial charge is 0.0622 e. The van der Waals surface area contributed by atoms with E-state index in [1.807, 2.05) is 0 Å². The minimum Gasteiger partial charge on any atom is -0.0622 e. The van der Waals surface area contributed by atoms with Gasteiger partial charge in [0.25, 0.3) is 0 Å². The molecule has 0 saturated heterocycles. The van der Waals surface area contributed by atoms with Crippen LogP contribution in [0.5, 0.6) is 0 Å². The maximum absolute atomic E-state index is 2.51. The number of hydrogen-bond donors (Lipinski definition) is 0. The van der Waals surface area contributed by atoms with Crippen LogP contribution >= 0.6 is 31.7 Å². The Bertz CT molecular complexity index is 3770. The van der Waals surface area contributed by atoms with Crippen molar-refractivity contribution in [3.8, 4) is 11.1 Å². The van der Waals surface area contributed by atoms with Crippen molar-refractivity contribution in [1.29, 1.82) is 0 Å². The molecule has 0 unspecified atom stereocenters. The summed E-state index contributed by atoms with van der Waals surface area (Å²) in [6, 6.07) is 108. The van der Waals surface area contributed by atoms with Crippen molar-refractivity contribution < 1.29 is 0 Å². The van der Waals surface area contributed by atoms with Gasteiger partial charge in [-0.25, -0.2) is 0 Å². The molecule has 0 saturated carbocycles. The van der Waals surface area contributed by atoms with Crippen LogP contribution in [-0.4, -0.2) is 0 Å². The van der Waals surface area contributed by atoms with Gasteiger partial charge >= 0.3 is 0 Å². The molecule has 0 aliphatic heterocycles. The molecule has 4 heteroatoms. The Hall–Kier alpha value is -7.12. The minimum atomic E-state index is -1.27. The maximum Gasteiger partial charge on any atom is 0.00288 e. The lowest BCUT2D eigenvalue weighted by atomic mass is 9.93. The molecule has 0 atom stereocenters. The lowest BCUT2D eigenvalue weighted by Crippen LogP contribution is -2.45. The fourth-order valence-corrected chi connectivity index (χ4v) is 21.9. The van der Waals surface area contributed by atoms with Crippen LogP contribution in [0.15, 0.2) is 279 Å². The van der Waals surface area contributed by atoms with E-state index >= 15 is 0 Å². The highest BCUT2D eigenvalue weighted by Crippen LogP contribution is 2.50. The van der Waals surface area contributed by atoms with E-state index in [0.717, 1.165) is 0 Å². The molecule has 0 aliphatic rings. The Morgan fingerprint density at radius 2 is 0.500 bits per heavy atom. The van der Waals surface area contributed by atoms with Crippen LogP contribution in [0, 0.1) is 27.7 Å².